The minimum atomic E-state index is -1.03. The number of methoxy groups -OCH3 is 1. The highest BCUT2D eigenvalue weighted by Crippen LogP contribution is 2.33. The maximum absolute atomic E-state index is 14.2. The van der Waals surface area contributed by atoms with E-state index in [1.54, 1.807) is 13.0 Å². The highest BCUT2D eigenvalue weighted by atomic mass is 19.1. The molecular weight excluding hydrogens is 319 g/mol. The van der Waals surface area contributed by atoms with Crippen molar-refractivity contribution < 1.29 is 22.7 Å². The summed E-state index contributed by atoms with van der Waals surface area (Å²) in [6, 6.07) is 7.25. The molecule has 2 aromatic carbocycles. The summed E-state index contributed by atoms with van der Waals surface area (Å²) in [6.45, 7) is 1.68. The number of carbonyl (C=O) groups is 1. The Morgan fingerprint density at radius 2 is 1.71 bits per heavy atom. The lowest BCUT2D eigenvalue weighted by molar-refractivity contribution is 0.0601. The quantitative estimate of drug-likeness (QED) is 0.653. The molecule has 0 fully saturated rings. The van der Waals surface area contributed by atoms with Crippen LogP contribution in [0.15, 0.2) is 36.4 Å². The molecule has 0 saturated heterocycles. The molecule has 3 nitrogen and oxygen atoms in total. The van der Waals surface area contributed by atoms with Gasteiger partial charge < -0.3 is 4.74 Å². The first-order valence-corrected chi connectivity index (χ1v) is 7.05. The van der Waals surface area contributed by atoms with E-state index in [1.807, 2.05) is 0 Å². The van der Waals surface area contributed by atoms with Crippen LogP contribution in [-0.4, -0.2) is 18.1 Å². The van der Waals surface area contributed by atoms with Crippen LogP contribution in [0.3, 0.4) is 0 Å². The van der Waals surface area contributed by atoms with Crippen LogP contribution in [-0.2, 0) is 4.74 Å². The second-order valence-electron chi connectivity index (χ2n) is 5.28. The molecule has 0 aliphatic carbocycles. The summed E-state index contributed by atoms with van der Waals surface area (Å²) in [6.07, 6.45) is 0. The minimum Gasteiger partial charge on any atom is -0.465 e. The number of ether oxygens (including phenoxy) is 1. The van der Waals surface area contributed by atoms with Crippen molar-refractivity contribution in [1.82, 2.24) is 4.98 Å². The van der Waals surface area contributed by atoms with Gasteiger partial charge in [-0.05, 0) is 36.8 Å². The van der Waals surface area contributed by atoms with Gasteiger partial charge in [-0.3, -0.25) is 4.98 Å². The van der Waals surface area contributed by atoms with Crippen molar-refractivity contribution in [2.75, 3.05) is 7.11 Å². The van der Waals surface area contributed by atoms with Gasteiger partial charge in [0.2, 0.25) is 0 Å². The fourth-order valence-electron chi connectivity index (χ4n) is 2.61. The number of hydrogen-bond acceptors (Lipinski definition) is 3. The fraction of sp³-hybridized carbons (Fsp3) is 0.111. The molecule has 0 aliphatic rings. The molecule has 0 bridgehead atoms. The van der Waals surface area contributed by atoms with Crippen LogP contribution < -0.4 is 0 Å². The van der Waals surface area contributed by atoms with Gasteiger partial charge in [0.1, 0.15) is 17.5 Å². The molecule has 24 heavy (non-hydrogen) atoms. The number of aromatic nitrogens is 1. The molecule has 3 aromatic rings. The van der Waals surface area contributed by atoms with Gasteiger partial charge in [0, 0.05) is 23.2 Å². The van der Waals surface area contributed by atoms with Gasteiger partial charge in [0.05, 0.1) is 23.8 Å². The molecular formula is C18H12F3NO2. The minimum absolute atomic E-state index is 0.193. The standard InChI is InChI=1S/C18H12F3NO2/c1-9-5-13(17-14(20)7-11(19)8-15(17)21)12-6-10(18(23)24-2)3-4-16(12)22-9/h3-8H,1-2H3. The van der Waals surface area contributed by atoms with Crippen LogP contribution in [0.2, 0.25) is 0 Å². The molecule has 1 aromatic heterocycles. The largest absolute Gasteiger partial charge is 0.465 e. The van der Waals surface area contributed by atoms with E-state index in [4.69, 9.17) is 0 Å². The van der Waals surface area contributed by atoms with Crippen molar-refractivity contribution in [2.45, 2.75) is 6.92 Å². The second kappa shape index (κ2) is 5.96. The molecule has 0 aliphatic heterocycles. The summed E-state index contributed by atoms with van der Waals surface area (Å²) >= 11 is 0. The van der Waals surface area contributed by atoms with Crippen molar-refractivity contribution in [3.8, 4) is 11.1 Å². The number of nitrogens with zero attached hydrogens (tertiary/aromatic N) is 1. The number of esters is 1. The van der Waals surface area contributed by atoms with E-state index in [0.29, 0.717) is 28.7 Å². The average molecular weight is 331 g/mol. The van der Waals surface area contributed by atoms with Crippen LogP contribution in [0.4, 0.5) is 13.2 Å². The average Bonchev–Trinajstić information content (AvgIpc) is 2.52. The monoisotopic (exact) mass is 331 g/mol. The first-order chi connectivity index (χ1) is 11.4. The van der Waals surface area contributed by atoms with E-state index in [0.717, 1.165) is 0 Å². The number of hydrogen-bond donors (Lipinski definition) is 0. The molecule has 0 radical (unpaired) electrons. The molecule has 6 heteroatoms. The van der Waals surface area contributed by atoms with E-state index in [1.165, 1.54) is 25.3 Å². The van der Waals surface area contributed by atoms with Gasteiger partial charge in [-0.1, -0.05) is 0 Å². The molecule has 0 saturated carbocycles. The van der Waals surface area contributed by atoms with Gasteiger partial charge in [-0.2, -0.15) is 0 Å². The number of halogens is 3. The Morgan fingerprint density at radius 1 is 1.04 bits per heavy atom. The zero-order valence-electron chi connectivity index (χ0n) is 12.9. The predicted octanol–water partition coefficient (Wildman–Crippen LogP) is 4.41. The summed E-state index contributed by atoms with van der Waals surface area (Å²) in [5, 5.41) is 0.368. The maximum Gasteiger partial charge on any atom is 0.337 e. The topological polar surface area (TPSA) is 39.2 Å². The number of pyridine rings is 1. The molecule has 0 amide bonds. The molecule has 0 spiro atoms. The Labute approximate surface area is 135 Å². The molecule has 122 valence electrons. The zero-order valence-corrected chi connectivity index (χ0v) is 12.9. The van der Waals surface area contributed by atoms with Gasteiger partial charge >= 0.3 is 5.97 Å². The summed E-state index contributed by atoms with van der Waals surface area (Å²) < 4.78 is 46.2. The zero-order chi connectivity index (χ0) is 17.4. The lowest BCUT2D eigenvalue weighted by Crippen LogP contribution is -2.02. The first-order valence-electron chi connectivity index (χ1n) is 7.05. The van der Waals surface area contributed by atoms with Crippen LogP contribution in [0.1, 0.15) is 16.1 Å². The normalized spacial score (nSPS) is 10.9. The summed E-state index contributed by atoms with van der Waals surface area (Å²) in [7, 11) is 1.24. The first kappa shape index (κ1) is 16.0. The lowest BCUT2D eigenvalue weighted by atomic mass is 9.97. The number of benzene rings is 2. The second-order valence-corrected chi connectivity index (χ2v) is 5.28. The lowest BCUT2D eigenvalue weighted by Gasteiger charge is -2.11. The molecule has 0 N–H and O–H groups in total. The number of fused-ring (bicyclic) bond motifs is 1. The van der Waals surface area contributed by atoms with E-state index in [2.05, 4.69) is 9.72 Å². The highest BCUT2D eigenvalue weighted by molar-refractivity contribution is 6.00. The number of aryl methyl sites for hydroxylation is 1. The third kappa shape index (κ3) is 2.71. The van der Waals surface area contributed by atoms with Crippen LogP contribution in [0.25, 0.3) is 22.0 Å². The highest BCUT2D eigenvalue weighted by Gasteiger charge is 2.18. The summed E-state index contributed by atoms with van der Waals surface area (Å²) in [5.74, 6) is -3.63. The number of carbonyl (C=O) groups excluding carboxylic acids is 1. The third-order valence-electron chi connectivity index (χ3n) is 3.63. The van der Waals surface area contributed by atoms with E-state index < -0.39 is 23.4 Å². The SMILES string of the molecule is COC(=O)c1ccc2nc(C)cc(-c3c(F)cc(F)cc3F)c2c1. The van der Waals surface area contributed by atoms with Gasteiger partial charge in [0.15, 0.2) is 0 Å². The number of rotatable bonds is 2. The van der Waals surface area contributed by atoms with Crippen molar-refractivity contribution in [3.05, 3.63) is 65.1 Å². The van der Waals surface area contributed by atoms with Crippen LogP contribution >= 0.6 is 0 Å². The van der Waals surface area contributed by atoms with Crippen LogP contribution in [0, 0.1) is 24.4 Å². The van der Waals surface area contributed by atoms with Gasteiger partial charge in [0.25, 0.3) is 0 Å². The Hall–Kier alpha value is -2.89. The van der Waals surface area contributed by atoms with Crippen LogP contribution in [0.5, 0.6) is 0 Å². The van der Waals surface area contributed by atoms with E-state index in [9.17, 15) is 18.0 Å². The molecule has 0 atom stereocenters. The van der Waals surface area contributed by atoms with Crippen molar-refractivity contribution in [1.29, 1.82) is 0 Å². The Balaban J connectivity index is 2.37. The Morgan fingerprint density at radius 3 is 2.33 bits per heavy atom. The Kier molecular flexibility index (Phi) is 3.97. The predicted molar refractivity (Wildman–Crippen MR) is 83.1 cm³/mol. The van der Waals surface area contributed by atoms with Crippen molar-refractivity contribution >= 4 is 16.9 Å². The van der Waals surface area contributed by atoms with Crippen molar-refractivity contribution in [2.24, 2.45) is 0 Å². The van der Waals surface area contributed by atoms with E-state index in [-0.39, 0.29) is 16.7 Å². The molecule has 0 unspecified atom stereocenters. The third-order valence-corrected chi connectivity index (χ3v) is 3.63. The van der Waals surface area contributed by atoms with Gasteiger partial charge in [-0.25, -0.2) is 18.0 Å². The van der Waals surface area contributed by atoms with E-state index >= 15 is 0 Å². The Bertz CT molecular complexity index is 947. The smallest absolute Gasteiger partial charge is 0.337 e. The maximum atomic E-state index is 14.2. The molecule has 3 rings (SSSR count). The van der Waals surface area contributed by atoms with Crippen molar-refractivity contribution in [3.63, 3.8) is 0 Å². The van der Waals surface area contributed by atoms with Gasteiger partial charge in [-0.15, -0.1) is 0 Å². The molecule has 1 heterocycles. The fourth-order valence-corrected chi connectivity index (χ4v) is 2.61. The summed E-state index contributed by atoms with van der Waals surface area (Å²) in [4.78, 5) is 16.0. The summed E-state index contributed by atoms with van der Waals surface area (Å²) in [5.41, 5.74) is 1.04.